The summed E-state index contributed by atoms with van der Waals surface area (Å²) in [6.07, 6.45) is 3.90. The van der Waals surface area contributed by atoms with Crippen LogP contribution in [0, 0.1) is 0 Å². The van der Waals surface area contributed by atoms with Gasteiger partial charge in [-0.15, -0.1) is 0 Å². The Morgan fingerprint density at radius 3 is 2.45 bits per heavy atom. The number of nitrogens with zero attached hydrogens (tertiary/aromatic N) is 1. The van der Waals surface area contributed by atoms with Crippen molar-refractivity contribution in [3.63, 3.8) is 0 Å². The van der Waals surface area contributed by atoms with Crippen molar-refractivity contribution < 1.29 is 18.8 Å². The molecule has 0 amide bonds. The van der Waals surface area contributed by atoms with Crippen LogP contribution in [0.25, 0.3) is 0 Å². The lowest BCUT2D eigenvalue weighted by atomic mass is 9.81. The maximum absolute atomic E-state index is 10.7. The second-order valence-corrected chi connectivity index (χ2v) is 6.11. The standard InChI is InChI=1S/C14H22BNO4/c1-11(17)18-9-8-16-7-6-12(10-16)15-19-13(2,3)14(4,5)20-15/h6-7,10H,8-9H2,1-5H3. The number of carbonyl (C=O) groups excluding carboxylic acids is 1. The highest BCUT2D eigenvalue weighted by Crippen LogP contribution is 2.36. The molecule has 110 valence electrons. The minimum atomic E-state index is -0.352. The Balaban J connectivity index is 1.98. The Labute approximate surface area is 120 Å². The van der Waals surface area contributed by atoms with E-state index in [0.29, 0.717) is 13.2 Å². The van der Waals surface area contributed by atoms with Gasteiger partial charge in [-0.25, -0.2) is 0 Å². The van der Waals surface area contributed by atoms with Crippen LogP contribution in [0.1, 0.15) is 34.6 Å². The van der Waals surface area contributed by atoms with Gasteiger partial charge in [0, 0.05) is 24.8 Å². The normalized spacial score (nSPS) is 20.1. The van der Waals surface area contributed by atoms with Gasteiger partial charge in [-0.2, -0.15) is 0 Å². The van der Waals surface area contributed by atoms with Crippen LogP contribution in [-0.2, 0) is 25.4 Å². The lowest BCUT2D eigenvalue weighted by molar-refractivity contribution is -0.141. The zero-order valence-electron chi connectivity index (χ0n) is 12.8. The van der Waals surface area contributed by atoms with Crippen molar-refractivity contribution in [3.8, 4) is 0 Å². The third-order valence-electron chi connectivity index (χ3n) is 3.95. The Hall–Kier alpha value is -1.27. The van der Waals surface area contributed by atoms with Crippen LogP contribution in [0.3, 0.4) is 0 Å². The molecule has 0 aliphatic carbocycles. The number of ether oxygens (including phenoxy) is 1. The minimum Gasteiger partial charge on any atom is -0.464 e. The van der Waals surface area contributed by atoms with E-state index in [1.807, 2.05) is 50.7 Å². The number of hydrogen-bond acceptors (Lipinski definition) is 4. The van der Waals surface area contributed by atoms with Gasteiger partial charge >= 0.3 is 13.1 Å². The fraction of sp³-hybridized carbons (Fsp3) is 0.643. The fourth-order valence-electron chi connectivity index (χ4n) is 2.01. The van der Waals surface area contributed by atoms with E-state index in [4.69, 9.17) is 14.0 Å². The van der Waals surface area contributed by atoms with E-state index in [0.717, 1.165) is 5.46 Å². The molecule has 1 aliphatic rings. The van der Waals surface area contributed by atoms with Gasteiger partial charge in [0.2, 0.25) is 0 Å². The Kier molecular flexibility index (Phi) is 3.98. The molecule has 1 aromatic rings. The molecule has 1 aliphatic heterocycles. The van der Waals surface area contributed by atoms with Gasteiger partial charge in [0.05, 0.1) is 17.7 Å². The third kappa shape index (κ3) is 3.07. The average Bonchev–Trinajstić information content (AvgIpc) is 2.82. The summed E-state index contributed by atoms with van der Waals surface area (Å²) < 4.78 is 18.9. The topological polar surface area (TPSA) is 49.7 Å². The highest BCUT2D eigenvalue weighted by molar-refractivity contribution is 6.62. The molecule has 2 heterocycles. The van der Waals surface area contributed by atoms with Gasteiger partial charge in [-0.3, -0.25) is 4.79 Å². The van der Waals surface area contributed by atoms with Gasteiger partial charge in [0.1, 0.15) is 6.61 Å². The molecule has 20 heavy (non-hydrogen) atoms. The van der Waals surface area contributed by atoms with Gasteiger partial charge in [0.25, 0.3) is 0 Å². The SMILES string of the molecule is CC(=O)OCCn1ccc(B2OC(C)(C)C(C)(C)O2)c1. The molecule has 2 rings (SSSR count). The second kappa shape index (κ2) is 5.26. The van der Waals surface area contributed by atoms with Crippen molar-refractivity contribution in [2.75, 3.05) is 6.61 Å². The number of aromatic nitrogens is 1. The third-order valence-corrected chi connectivity index (χ3v) is 3.95. The fourth-order valence-corrected chi connectivity index (χ4v) is 2.01. The monoisotopic (exact) mass is 279 g/mol. The first-order chi connectivity index (χ1) is 9.21. The summed E-state index contributed by atoms with van der Waals surface area (Å²) in [5.74, 6) is -0.261. The zero-order chi connectivity index (χ0) is 15.0. The number of hydrogen-bond donors (Lipinski definition) is 0. The Morgan fingerprint density at radius 2 is 1.90 bits per heavy atom. The van der Waals surface area contributed by atoms with Crippen molar-refractivity contribution in [2.45, 2.75) is 52.4 Å². The molecular weight excluding hydrogens is 257 g/mol. The highest BCUT2D eigenvalue weighted by Gasteiger charge is 2.51. The molecule has 0 unspecified atom stereocenters. The van der Waals surface area contributed by atoms with Gasteiger partial charge in [0.15, 0.2) is 0 Å². The molecule has 0 saturated carbocycles. The van der Waals surface area contributed by atoms with Gasteiger partial charge in [-0.1, -0.05) is 0 Å². The first-order valence-corrected chi connectivity index (χ1v) is 6.86. The van der Waals surface area contributed by atoms with E-state index in [-0.39, 0.29) is 24.3 Å². The molecular formula is C14H22BNO4. The summed E-state index contributed by atoms with van der Waals surface area (Å²) in [4.78, 5) is 10.7. The largest absolute Gasteiger partial charge is 0.496 e. The van der Waals surface area contributed by atoms with E-state index in [9.17, 15) is 4.79 Å². The van der Waals surface area contributed by atoms with Crippen molar-refractivity contribution in [2.24, 2.45) is 0 Å². The lowest BCUT2D eigenvalue weighted by Gasteiger charge is -2.32. The molecule has 0 atom stereocenters. The van der Waals surface area contributed by atoms with Crippen molar-refractivity contribution in [1.29, 1.82) is 0 Å². The molecule has 5 nitrogen and oxygen atoms in total. The summed E-state index contributed by atoms with van der Waals surface area (Å²) >= 11 is 0. The molecule has 0 N–H and O–H groups in total. The predicted molar refractivity (Wildman–Crippen MR) is 76.8 cm³/mol. The molecule has 6 heteroatoms. The molecule has 0 aromatic carbocycles. The quantitative estimate of drug-likeness (QED) is 0.616. The number of esters is 1. The van der Waals surface area contributed by atoms with Crippen LogP contribution in [0.5, 0.6) is 0 Å². The average molecular weight is 279 g/mol. The highest BCUT2D eigenvalue weighted by atomic mass is 16.7. The molecule has 0 radical (unpaired) electrons. The molecule has 1 saturated heterocycles. The maximum atomic E-state index is 10.7. The molecule has 0 bridgehead atoms. The van der Waals surface area contributed by atoms with Crippen molar-refractivity contribution in [1.82, 2.24) is 4.57 Å². The zero-order valence-corrected chi connectivity index (χ0v) is 12.8. The maximum Gasteiger partial charge on any atom is 0.496 e. The van der Waals surface area contributed by atoms with Crippen LogP contribution >= 0.6 is 0 Å². The summed E-state index contributed by atoms with van der Waals surface area (Å²) in [7, 11) is -0.352. The predicted octanol–water partition coefficient (Wildman–Crippen LogP) is 1.35. The Bertz CT molecular complexity index is 479. The summed E-state index contributed by atoms with van der Waals surface area (Å²) in [5.41, 5.74) is 0.307. The molecule has 0 spiro atoms. The van der Waals surface area contributed by atoms with Crippen LogP contribution in [0.15, 0.2) is 18.5 Å². The first kappa shape index (κ1) is 15.1. The Morgan fingerprint density at radius 1 is 1.30 bits per heavy atom. The molecule has 1 fully saturated rings. The van der Waals surface area contributed by atoms with Crippen LogP contribution in [-0.4, -0.2) is 35.5 Å². The minimum absolute atomic E-state index is 0.261. The van der Waals surface area contributed by atoms with Crippen LogP contribution < -0.4 is 5.46 Å². The molecule has 1 aromatic heterocycles. The summed E-state index contributed by atoms with van der Waals surface area (Å²) in [6, 6.07) is 1.97. The lowest BCUT2D eigenvalue weighted by Crippen LogP contribution is -2.41. The smallest absolute Gasteiger partial charge is 0.464 e. The summed E-state index contributed by atoms with van der Waals surface area (Å²) in [6.45, 7) is 10.5. The number of rotatable bonds is 4. The number of carbonyl (C=O) groups is 1. The van der Waals surface area contributed by atoms with E-state index < -0.39 is 0 Å². The van der Waals surface area contributed by atoms with Crippen LogP contribution in [0.4, 0.5) is 0 Å². The van der Waals surface area contributed by atoms with Crippen molar-refractivity contribution >= 4 is 18.6 Å². The van der Waals surface area contributed by atoms with Crippen LogP contribution in [0.2, 0.25) is 0 Å². The van der Waals surface area contributed by atoms with E-state index in [1.165, 1.54) is 6.92 Å². The van der Waals surface area contributed by atoms with Gasteiger partial charge in [-0.05, 0) is 33.8 Å². The van der Waals surface area contributed by atoms with E-state index in [2.05, 4.69) is 0 Å². The van der Waals surface area contributed by atoms with E-state index >= 15 is 0 Å². The first-order valence-electron chi connectivity index (χ1n) is 6.86. The summed E-state index contributed by atoms with van der Waals surface area (Å²) in [5, 5.41) is 0. The second-order valence-electron chi connectivity index (χ2n) is 6.11. The van der Waals surface area contributed by atoms with E-state index in [1.54, 1.807) is 0 Å². The van der Waals surface area contributed by atoms with Crippen molar-refractivity contribution in [3.05, 3.63) is 18.5 Å². The van der Waals surface area contributed by atoms with Gasteiger partial charge < -0.3 is 18.6 Å².